The van der Waals surface area contributed by atoms with Crippen LogP contribution in [0.4, 0.5) is 0 Å². The normalized spacial score (nSPS) is 12.7. The van der Waals surface area contributed by atoms with Crippen LogP contribution in [0.5, 0.6) is 0 Å². The Hall–Kier alpha value is -2.32. The average molecular weight is 415 g/mol. The summed E-state index contributed by atoms with van der Waals surface area (Å²) in [4.78, 5) is 9.01. The molecule has 0 saturated heterocycles. The number of aromatic nitrogens is 3. The second-order valence-corrected chi connectivity index (χ2v) is 8.41. The highest BCUT2D eigenvalue weighted by Crippen LogP contribution is 2.20. The molecule has 2 heterocycles. The number of thiazole rings is 1. The van der Waals surface area contributed by atoms with E-state index in [1.165, 1.54) is 5.56 Å². The first-order valence-corrected chi connectivity index (χ1v) is 11.3. The van der Waals surface area contributed by atoms with Crippen LogP contribution in [0.25, 0.3) is 5.69 Å². The van der Waals surface area contributed by atoms with Crippen molar-refractivity contribution in [3.63, 3.8) is 0 Å². The van der Waals surface area contributed by atoms with Gasteiger partial charge in [-0.1, -0.05) is 23.9 Å². The van der Waals surface area contributed by atoms with E-state index < -0.39 is 0 Å². The number of rotatable bonds is 9. The van der Waals surface area contributed by atoms with Crippen molar-refractivity contribution >= 4 is 29.1 Å². The maximum absolute atomic E-state index is 4.72. The van der Waals surface area contributed by atoms with Crippen molar-refractivity contribution in [3.05, 3.63) is 59.9 Å². The predicted molar refractivity (Wildman–Crippen MR) is 119 cm³/mol. The molecule has 0 aliphatic rings. The van der Waals surface area contributed by atoms with Gasteiger partial charge in [0.05, 0.1) is 11.7 Å². The largest absolute Gasteiger partial charge is 0.357 e. The molecule has 8 heteroatoms. The highest BCUT2D eigenvalue weighted by Gasteiger charge is 2.09. The Balaban J connectivity index is 1.54. The van der Waals surface area contributed by atoms with Gasteiger partial charge in [-0.3, -0.25) is 4.99 Å². The third-order valence-electron chi connectivity index (χ3n) is 4.04. The fraction of sp³-hybridized carbons (Fsp3) is 0.350. The minimum absolute atomic E-state index is 0.137. The lowest BCUT2D eigenvalue weighted by Crippen LogP contribution is -2.38. The summed E-state index contributed by atoms with van der Waals surface area (Å²) >= 11 is 3.48. The zero-order valence-electron chi connectivity index (χ0n) is 16.2. The Morgan fingerprint density at radius 1 is 1.32 bits per heavy atom. The summed E-state index contributed by atoms with van der Waals surface area (Å²) in [6.07, 6.45) is 6.61. The van der Waals surface area contributed by atoms with Crippen LogP contribution in [0.15, 0.2) is 63.6 Å². The third kappa shape index (κ3) is 6.10. The van der Waals surface area contributed by atoms with Gasteiger partial charge in [-0.15, -0.1) is 11.3 Å². The van der Waals surface area contributed by atoms with E-state index in [9.17, 15) is 0 Å². The maximum atomic E-state index is 4.72. The molecule has 3 rings (SSSR count). The Morgan fingerprint density at radius 2 is 2.25 bits per heavy atom. The summed E-state index contributed by atoms with van der Waals surface area (Å²) in [7, 11) is 0. The fourth-order valence-corrected chi connectivity index (χ4v) is 4.30. The number of guanidine groups is 1. The van der Waals surface area contributed by atoms with Gasteiger partial charge in [0.15, 0.2) is 5.96 Å². The number of hydrogen-bond acceptors (Lipinski definition) is 5. The smallest absolute Gasteiger partial charge is 0.191 e. The van der Waals surface area contributed by atoms with Crippen LogP contribution in [-0.4, -0.2) is 39.6 Å². The molecule has 0 spiro atoms. The molecule has 0 saturated carbocycles. The van der Waals surface area contributed by atoms with Crippen molar-refractivity contribution in [3.8, 4) is 5.69 Å². The number of hydrogen-bond donors (Lipinski definition) is 2. The fourth-order valence-electron chi connectivity index (χ4n) is 2.66. The number of nitrogens with one attached hydrogen (secondary N) is 2. The van der Waals surface area contributed by atoms with Crippen LogP contribution in [0.2, 0.25) is 0 Å². The zero-order chi connectivity index (χ0) is 19.6. The number of thioether (sulfide) groups is 1. The molecular weight excluding hydrogens is 388 g/mol. The topological polar surface area (TPSA) is 67.1 Å². The van der Waals surface area contributed by atoms with Crippen LogP contribution in [0.1, 0.15) is 31.9 Å². The first-order valence-electron chi connectivity index (χ1n) is 9.43. The highest BCUT2D eigenvalue weighted by atomic mass is 32.2. The first kappa shape index (κ1) is 20.4. The second-order valence-electron chi connectivity index (χ2n) is 6.17. The van der Waals surface area contributed by atoms with E-state index in [1.54, 1.807) is 29.3 Å². The van der Waals surface area contributed by atoms with E-state index in [-0.39, 0.29) is 6.04 Å². The summed E-state index contributed by atoms with van der Waals surface area (Å²) in [5.41, 5.74) is 2.25. The molecule has 1 aromatic carbocycles. The lowest BCUT2D eigenvalue weighted by Gasteiger charge is -2.19. The van der Waals surface area contributed by atoms with Gasteiger partial charge in [-0.05, 0) is 44.0 Å². The summed E-state index contributed by atoms with van der Waals surface area (Å²) in [6, 6.07) is 10.5. The van der Waals surface area contributed by atoms with Gasteiger partial charge in [0.25, 0.3) is 0 Å². The van der Waals surface area contributed by atoms with E-state index in [2.05, 4.69) is 58.8 Å². The summed E-state index contributed by atoms with van der Waals surface area (Å²) in [5.74, 6) is 1.87. The molecule has 0 bridgehead atoms. The lowest BCUT2D eigenvalue weighted by molar-refractivity contribution is 0.684. The number of benzene rings is 1. The lowest BCUT2D eigenvalue weighted by atomic mass is 10.1. The van der Waals surface area contributed by atoms with Crippen molar-refractivity contribution < 1.29 is 0 Å². The minimum Gasteiger partial charge on any atom is -0.357 e. The molecular formula is C20H26N6S2. The molecule has 0 amide bonds. The van der Waals surface area contributed by atoms with Crippen LogP contribution in [0, 0.1) is 0 Å². The minimum atomic E-state index is 0.137. The standard InChI is InChI=1S/C20H26N6S2/c1-3-21-19(22-9-6-13-27-20-23-11-14-28-20)25-16(2)17-7-4-8-18(15-17)26-12-5-10-24-26/h4-5,7-8,10-12,14-16H,3,6,9,13H2,1-2H3,(H2,21,22,25). The van der Waals surface area contributed by atoms with E-state index in [4.69, 9.17) is 4.99 Å². The van der Waals surface area contributed by atoms with Crippen LogP contribution >= 0.6 is 23.1 Å². The van der Waals surface area contributed by atoms with Gasteiger partial charge in [-0.2, -0.15) is 5.10 Å². The molecule has 0 aliphatic heterocycles. The van der Waals surface area contributed by atoms with Gasteiger partial charge in [0, 0.05) is 42.8 Å². The van der Waals surface area contributed by atoms with Crippen LogP contribution < -0.4 is 10.6 Å². The molecule has 28 heavy (non-hydrogen) atoms. The SMILES string of the molecule is CCNC(=NCCCSc1nccs1)NC(C)c1cccc(-n2cccn2)c1. The van der Waals surface area contributed by atoms with Gasteiger partial charge in [0.2, 0.25) is 0 Å². The monoisotopic (exact) mass is 414 g/mol. The van der Waals surface area contributed by atoms with Crippen LogP contribution in [-0.2, 0) is 0 Å². The number of aliphatic imine (C=N–C) groups is 1. The molecule has 148 valence electrons. The van der Waals surface area contributed by atoms with Crippen molar-refractivity contribution in [2.45, 2.75) is 30.6 Å². The molecule has 1 atom stereocenters. The van der Waals surface area contributed by atoms with E-state index >= 15 is 0 Å². The van der Waals surface area contributed by atoms with Gasteiger partial charge in [0.1, 0.15) is 4.34 Å². The molecule has 2 aromatic heterocycles. The van der Waals surface area contributed by atoms with Crippen LogP contribution in [0.3, 0.4) is 0 Å². The van der Waals surface area contributed by atoms with E-state index in [1.807, 2.05) is 28.5 Å². The predicted octanol–water partition coefficient (Wildman–Crippen LogP) is 4.13. The Kier molecular flexibility index (Phi) is 7.93. The molecule has 0 aliphatic carbocycles. The summed E-state index contributed by atoms with van der Waals surface area (Å²) in [5, 5.41) is 13.2. The van der Waals surface area contributed by atoms with E-state index in [0.717, 1.165) is 41.2 Å². The maximum Gasteiger partial charge on any atom is 0.191 e. The van der Waals surface area contributed by atoms with Crippen molar-refractivity contribution in [2.75, 3.05) is 18.8 Å². The van der Waals surface area contributed by atoms with Gasteiger partial charge >= 0.3 is 0 Å². The summed E-state index contributed by atoms with van der Waals surface area (Å²) < 4.78 is 3.00. The van der Waals surface area contributed by atoms with Gasteiger partial charge in [-0.25, -0.2) is 9.67 Å². The van der Waals surface area contributed by atoms with Crippen molar-refractivity contribution in [2.24, 2.45) is 4.99 Å². The molecule has 2 N–H and O–H groups in total. The quantitative estimate of drug-likeness (QED) is 0.239. The van der Waals surface area contributed by atoms with Crippen molar-refractivity contribution in [1.82, 2.24) is 25.4 Å². The molecule has 6 nitrogen and oxygen atoms in total. The average Bonchev–Trinajstić information content (AvgIpc) is 3.42. The highest BCUT2D eigenvalue weighted by molar-refractivity contribution is 8.00. The molecule has 3 aromatic rings. The number of nitrogens with zero attached hydrogens (tertiary/aromatic N) is 4. The van der Waals surface area contributed by atoms with E-state index in [0.29, 0.717) is 0 Å². The second kappa shape index (κ2) is 10.9. The molecule has 0 radical (unpaired) electrons. The first-order chi connectivity index (χ1) is 13.8. The molecule has 1 unspecified atom stereocenters. The third-order valence-corrected chi connectivity index (χ3v) is 6.10. The Morgan fingerprint density at radius 3 is 3.00 bits per heavy atom. The molecule has 0 fully saturated rings. The van der Waals surface area contributed by atoms with Gasteiger partial charge < -0.3 is 10.6 Å². The Labute approximate surface area is 174 Å². The van der Waals surface area contributed by atoms with Crippen molar-refractivity contribution in [1.29, 1.82) is 0 Å². The Bertz CT molecular complexity index is 845. The zero-order valence-corrected chi connectivity index (χ0v) is 17.8. The summed E-state index contributed by atoms with van der Waals surface area (Å²) in [6.45, 7) is 5.85.